The molecule has 0 aliphatic carbocycles. The molecule has 0 aliphatic heterocycles. The van der Waals surface area contributed by atoms with Gasteiger partial charge in [-0.05, 0) is 30.2 Å². The average Bonchev–Trinajstić information content (AvgIpc) is 2.80. The molecule has 3 N–H and O–H groups in total. The Labute approximate surface area is 194 Å². The zero-order chi connectivity index (χ0) is 23.1. The summed E-state index contributed by atoms with van der Waals surface area (Å²) in [5.41, 5.74) is 2.40. The van der Waals surface area contributed by atoms with Crippen molar-refractivity contribution < 1.29 is 19.4 Å². The number of anilines is 1. The lowest BCUT2D eigenvalue weighted by molar-refractivity contribution is -0.135. The Hall–Kier alpha value is -3.36. The number of rotatable bonds is 9. The molecule has 32 heavy (non-hydrogen) atoms. The molecule has 1 heterocycles. The van der Waals surface area contributed by atoms with Gasteiger partial charge < -0.3 is 20.5 Å². The number of methoxy groups -OCH3 is 1. The number of benzene rings is 2. The van der Waals surface area contributed by atoms with Gasteiger partial charge in [-0.2, -0.15) is 9.97 Å². The van der Waals surface area contributed by atoms with Crippen molar-refractivity contribution in [3.05, 3.63) is 69.7 Å². The second-order valence-electron chi connectivity index (χ2n) is 6.67. The Morgan fingerprint density at radius 2 is 1.88 bits per heavy atom. The summed E-state index contributed by atoms with van der Waals surface area (Å²) in [6, 6.07) is 14.1. The van der Waals surface area contributed by atoms with E-state index >= 15 is 0 Å². The topological polar surface area (TPSA) is 113 Å². The predicted molar refractivity (Wildman–Crippen MR) is 123 cm³/mol. The molecule has 3 rings (SSSR count). The number of hydrogen-bond donors (Lipinski definition) is 3. The van der Waals surface area contributed by atoms with E-state index in [4.69, 9.17) is 33.0 Å². The third-order valence-electron chi connectivity index (χ3n) is 4.44. The summed E-state index contributed by atoms with van der Waals surface area (Å²) < 4.78 is 5.21. The van der Waals surface area contributed by atoms with Crippen molar-refractivity contribution in [3.63, 3.8) is 0 Å². The Bertz CT molecular complexity index is 1140. The van der Waals surface area contributed by atoms with Gasteiger partial charge in [0.1, 0.15) is 12.4 Å². The van der Waals surface area contributed by atoms with Gasteiger partial charge in [0.25, 0.3) is 5.91 Å². The molecule has 8 nitrogen and oxygen atoms in total. The maximum Gasteiger partial charge on any atom is 0.322 e. The quantitative estimate of drug-likeness (QED) is 0.430. The zero-order valence-corrected chi connectivity index (χ0v) is 18.6. The Kier molecular flexibility index (Phi) is 7.86. The molecule has 0 fully saturated rings. The number of ether oxygens (including phenoxy) is 1. The minimum absolute atomic E-state index is 0.159. The third-order valence-corrected chi connectivity index (χ3v) is 5.30. The van der Waals surface area contributed by atoms with Crippen LogP contribution >= 0.6 is 23.2 Å². The van der Waals surface area contributed by atoms with Gasteiger partial charge in [0.15, 0.2) is 0 Å². The predicted octanol–water partition coefficient (Wildman–Crippen LogP) is 3.93. The normalized spacial score (nSPS) is 10.5. The van der Waals surface area contributed by atoms with Crippen molar-refractivity contribution in [2.24, 2.45) is 0 Å². The van der Waals surface area contributed by atoms with Crippen LogP contribution in [-0.4, -0.2) is 47.2 Å². The van der Waals surface area contributed by atoms with Gasteiger partial charge in [0.2, 0.25) is 0 Å². The zero-order valence-electron chi connectivity index (χ0n) is 17.1. The van der Waals surface area contributed by atoms with Crippen molar-refractivity contribution in [3.8, 4) is 17.3 Å². The number of halogens is 2. The van der Waals surface area contributed by atoms with Crippen LogP contribution in [0.1, 0.15) is 15.9 Å². The van der Waals surface area contributed by atoms with Crippen LogP contribution in [0.2, 0.25) is 10.0 Å². The van der Waals surface area contributed by atoms with Gasteiger partial charge in [-0.15, -0.1) is 0 Å². The van der Waals surface area contributed by atoms with Crippen LogP contribution < -0.4 is 15.4 Å². The van der Waals surface area contributed by atoms with Crippen LogP contribution in [-0.2, 0) is 11.2 Å². The molecule has 0 aliphatic rings. The third kappa shape index (κ3) is 6.09. The lowest BCUT2D eigenvalue weighted by Gasteiger charge is -2.11. The fourth-order valence-corrected chi connectivity index (χ4v) is 3.31. The van der Waals surface area contributed by atoms with E-state index in [9.17, 15) is 9.59 Å². The van der Waals surface area contributed by atoms with E-state index < -0.39 is 18.4 Å². The van der Waals surface area contributed by atoms with Gasteiger partial charge in [0.05, 0.1) is 22.8 Å². The summed E-state index contributed by atoms with van der Waals surface area (Å²) in [4.78, 5) is 31.5. The van der Waals surface area contributed by atoms with E-state index in [1.54, 1.807) is 36.4 Å². The van der Waals surface area contributed by atoms with Crippen molar-refractivity contribution in [1.29, 1.82) is 0 Å². The summed E-state index contributed by atoms with van der Waals surface area (Å²) >= 11 is 12.3. The highest BCUT2D eigenvalue weighted by Gasteiger charge is 2.12. The fraction of sp³-hybridized carbons (Fsp3) is 0.182. The van der Waals surface area contributed by atoms with Crippen LogP contribution in [0.3, 0.4) is 0 Å². The van der Waals surface area contributed by atoms with Crippen LogP contribution in [0.15, 0.2) is 48.5 Å². The lowest BCUT2D eigenvalue weighted by atomic mass is 10.1. The number of carboxylic acids is 1. The van der Waals surface area contributed by atoms with E-state index in [0.717, 1.165) is 5.56 Å². The van der Waals surface area contributed by atoms with Crippen molar-refractivity contribution in [2.75, 3.05) is 25.5 Å². The number of hydrogen-bond acceptors (Lipinski definition) is 6. The maximum absolute atomic E-state index is 12.2. The van der Waals surface area contributed by atoms with Crippen molar-refractivity contribution >= 4 is 40.9 Å². The highest BCUT2D eigenvalue weighted by atomic mass is 35.5. The van der Waals surface area contributed by atoms with E-state index in [0.29, 0.717) is 45.6 Å². The summed E-state index contributed by atoms with van der Waals surface area (Å²) in [6.07, 6.45) is 0.625. The largest absolute Gasteiger partial charge is 0.480 e. The standard InChI is InChI=1S/C22H20Cl2N4O4/c1-32-22-27-17(14-5-2-6-15(10-14)21(31)26-12-19(29)30)11-18(28-22)25-9-8-13-4-3-7-16(23)20(13)24/h2-7,10-11H,8-9,12H2,1H3,(H,26,31)(H,29,30)(H,25,27,28). The van der Waals surface area contributed by atoms with Crippen LogP contribution in [0.4, 0.5) is 5.82 Å². The molecule has 0 unspecified atom stereocenters. The first-order valence-electron chi connectivity index (χ1n) is 9.57. The summed E-state index contributed by atoms with van der Waals surface area (Å²) in [5, 5.41) is 15.3. The Morgan fingerprint density at radius 1 is 1.09 bits per heavy atom. The number of carbonyl (C=O) groups is 2. The monoisotopic (exact) mass is 474 g/mol. The smallest absolute Gasteiger partial charge is 0.322 e. The molecule has 166 valence electrons. The summed E-state index contributed by atoms with van der Waals surface area (Å²) in [5.74, 6) is -1.08. The van der Waals surface area contributed by atoms with Gasteiger partial charge in [0, 0.05) is 23.7 Å². The van der Waals surface area contributed by atoms with E-state index in [-0.39, 0.29) is 6.01 Å². The second-order valence-corrected chi connectivity index (χ2v) is 7.46. The highest BCUT2D eigenvalue weighted by molar-refractivity contribution is 6.42. The van der Waals surface area contributed by atoms with Crippen molar-refractivity contribution in [1.82, 2.24) is 15.3 Å². The molecule has 1 aromatic heterocycles. The van der Waals surface area contributed by atoms with E-state index in [2.05, 4.69) is 20.6 Å². The first kappa shape index (κ1) is 23.3. The first-order valence-corrected chi connectivity index (χ1v) is 10.3. The van der Waals surface area contributed by atoms with Gasteiger partial charge in [-0.3, -0.25) is 9.59 Å². The van der Waals surface area contributed by atoms with Gasteiger partial charge in [-0.1, -0.05) is 47.5 Å². The number of carbonyl (C=O) groups excluding carboxylic acids is 1. The molecule has 0 radical (unpaired) electrons. The van der Waals surface area contributed by atoms with Gasteiger partial charge >= 0.3 is 12.0 Å². The molecule has 1 amide bonds. The number of nitrogens with one attached hydrogen (secondary N) is 2. The number of carboxylic acid groups (broad SMARTS) is 1. The van der Waals surface area contributed by atoms with E-state index in [1.807, 2.05) is 12.1 Å². The molecule has 10 heteroatoms. The molecule has 2 aromatic carbocycles. The SMILES string of the molecule is COc1nc(NCCc2cccc(Cl)c2Cl)cc(-c2cccc(C(=O)NCC(=O)O)c2)n1. The maximum atomic E-state index is 12.2. The summed E-state index contributed by atoms with van der Waals surface area (Å²) in [6.45, 7) is 0.0758. The molecular weight excluding hydrogens is 455 g/mol. The number of aromatic nitrogens is 2. The summed E-state index contributed by atoms with van der Waals surface area (Å²) in [7, 11) is 1.46. The van der Waals surface area contributed by atoms with Crippen LogP contribution in [0.5, 0.6) is 6.01 Å². The van der Waals surface area contributed by atoms with Crippen LogP contribution in [0, 0.1) is 0 Å². The highest BCUT2D eigenvalue weighted by Crippen LogP contribution is 2.26. The first-order chi connectivity index (χ1) is 15.4. The van der Waals surface area contributed by atoms with Crippen LogP contribution in [0.25, 0.3) is 11.3 Å². The molecular formula is C22H20Cl2N4O4. The molecule has 0 saturated heterocycles. The minimum atomic E-state index is -1.12. The molecule has 3 aromatic rings. The molecule has 0 atom stereocenters. The Morgan fingerprint density at radius 3 is 2.62 bits per heavy atom. The number of aliphatic carboxylic acids is 1. The molecule has 0 saturated carbocycles. The minimum Gasteiger partial charge on any atom is -0.480 e. The molecule has 0 spiro atoms. The lowest BCUT2D eigenvalue weighted by Crippen LogP contribution is -2.29. The second kappa shape index (κ2) is 10.8. The average molecular weight is 475 g/mol. The Balaban J connectivity index is 1.77. The fourth-order valence-electron chi connectivity index (χ4n) is 2.90. The van der Waals surface area contributed by atoms with Gasteiger partial charge in [-0.25, -0.2) is 0 Å². The van der Waals surface area contributed by atoms with E-state index in [1.165, 1.54) is 7.11 Å². The number of amides is 1. The molecule has 0 bridgehead atoms. The number of nitrogens with zero attached hydrogens (tertiary/aromatic N) is 2. The van der Waals surface area contributed by atoms with Crippen molar-refractivity contribution in [2.45, 2.75) is 6.42 Å².